The van der Waals surface area contributed by atoms with E-state index in [0.29, 0.717) is 5.56 Å². The molecular weight excluding hydrogens is 394 g/mol. The van der Waals surface area contributed by atoms with Gasteiger partial charge in [0.2, 0.25) is 0 Å². The minimum Gasteiger partial charge on any atom is -0.335 e. The van der Waals surface area contributed by atoms with Crippen LogP contribution < -0.4 is 10.6 Å². The summed E-state index contributed by atoms with van der Waals surface area (Å²) in [6.07, 6.45) is 0.916. The number of carbonyl (C=O) groups is 1. The number of anilines is 2. The van der Waals surface area contributed by atoms with Crippen LogP contribution in [0.1, 0.15) is 22.8 Å². The van der Waals surface area contributed by atoms with Crippen molar-refractivity contribution in [3.8, 4) is 0 Å². The summed E-state index contributed by atoms with van der Waals surface area (Å²) in [5.41, 5.74) is 3.34. The molecule has 0 spiro atoms. The van der Waals surface area contributed by atoms with E-state index in [1.165, 1.54) is 17.3 Å². The first kappa shape index (κ1) is 19.0. The zero-order chi connectivity index (χ0) is 19.7. The minimum absolute atomic E-state index is 0.0106. The van der Waals surface area contributed by atoms with Crippen LogP contribution in [0.4, 0.5) is 11.4 Å². The van der Waals surface area contributed by atoms with E-state index in [-0.39, 0.29) is 28.7 Å². The Bertz CT molecular complexity index is 1030. The van der Waals surface area contributed by atoms with Crippen LogP contribution in [0.5, 0.6) is 0 Å². The summed E-state index contributed by atoms with van der Waals surface area (Å²) < 4.78 is 23.3. The average molecular weight is 416 g/mol. The molecule has 0 saturated carbocycles. The number of rotatable bonds is 4. The van der Waals surface area contributed by atoms with Gasteiger partial charge in [-0.1, -0.05) is 30.8 Å². The van der Waals surface area contributed by atoms with Crippen LogP contribution in [-0.4, -0.2) is 42.3 Å². The third kappa shape index (κ3) is 4.23. The highest BCUT2D eigenvalue weighted by molar-refractivity contribution is 8.15. The quantitative estimate of drug-likeness (QED) is 0.801. The number of benzene rings is 2. The lowest BCUT2D eigenvalue weighted by Gasteiger charge is -2.09. The van der Waals surface area contributed by atoms with Crippen molar-refractivity contribution in [2.45, 2.75) is 24.6 Å². The average Bonchev–Trinajstić information content (AvgIpc) is 3.15. The Morgan fingerprint density at radius 3 is 2.64 bits per heavy atom. The van der Waals surface area contributed by atoms with E-state index in [9.17, 15) is 13.2 Å². The maximum absolute atomic E-state index is 12.4. The number of aliphatic imine (C=N–C) groups is 1. The lowest BCUT2D eigenvalue weighted by Crippen LogP contribution is -2.13. The van der Waals surface area contributed by atoms with Crippen molar-refractivity contribution in [3.05, 3.63) is 59.7 Å². The second-order valence-electron chi connectivity index (χ2n) is 6.95. The highest BCUT2D eigenvalue weighted by Crippen LogP contribution is 2.34. The molecule has 2 N–H and O–H groups in total. The number of aryl methyl sites for hydroxylation is 1. The molecule has 2 heterocycles. The number of thioether (sulfide) groups is 1. The van der Waals surface area contributed by atoms with Crippen LogP contribution in [0.3, 0.4) is 0 Å². The second kappa shape index (κ2) is 7.60. The Balaban J connectivity index is 1.38. The topological polar surface area (TPSA) is 87.6 Å². The highest BCUT2D eigenvalue weighted by atomic mass is 32.2. The van der Waals surface area contributed by atoms with Crippen molar-refractivity contribution in [2.75, 3.05) is 22.1 Å². The van der Waals surface area contributed by atoms with E-state index in [1.807, 2.05) is 36.4 Å². The van der Waals surface area contributed by atoms with E-state index >= 15 is 0 Å². The van der Waals surface area contributed by atoms with E-state index in [2.05, 4.69) is 22.5 Å². The van der Waals surface area contributed by atoms with Crippen molar-refractivity contribution in [2.24, 2.45) is 4.99 Å². The summed E-state index contributed by atoms with van der Waals surface area (Å²) in [6.45, 7) is 2.08. The molecule has 6 nitrogen and oxygen atoms in total. The molecule has 0 radical (unpaired) electrons. The van der Waals surface area contributed by atoms with Crippen molar-refractivity contribution in [1.29, 1.82) is 0 Å². The van der Waals surface area contributed by atoms with Gasteiger partial charge in [-0.15, -0.1) is 0 Å². The fourth-order valence-corrected chi connectivity index (χ4v) is 6.99. The molecule has 146 valence electrons. The molecule has 4 rings (SSSR count). The molecule has 0 aromatic heterocycles. The number of nitrogens with zero attached hydrogens (tertiary/aromatic N) is 1. The summed E-state index contributed by atoms with van der Waals surface area (Å²) in [7, 11) is -2.95. The lowest BCUT2D eigenvalue weighted by atomic mass is 10.1. The molecule has 2 aliphatic rings. The maximum Gasteiger partial charge on any atom is 0.255 e. The van der Waals surface area contributed by atoms with Gasteiger partial charge in [0.1, 0.15) is 0 Å². The summed E-state index contributed by atoms with van der Waals surface area (Å²) >= 11 is 1.47. The predicted octanol–water partition coefficient (Wildman–Crippen LogP) is 3.18. The lowest BCUT2D eigenvalue weighted by molar-refractivity contribution is 0.102. The first-order valence-electron chi connectivity index (χ1n) is 9.14. The van der Waals surface area contributed by atoms with Crippen LogP contribution in [-0.2, 0) is 16.3 Å². The van der Waals surface area contributed by atoms with Gasteiger partial charge >= 0.3 is 0 Å². The number of fused-ring (bicyclic) bond motifs is 1. The van der Waals surface area contributed by atoms with Gasteiger partial charge in [0.05, 0.1) is 17.5 Å². The first-order chi connectivity index (χ1) is 13.4. The second-order valence-corrected chi connectivity index (χ2v) is 10.3. The zero-order valence-electron chi connectivity index (χ0n) is 15.4. The normalized spacial score (nSPS) is 22.4. The smallest absolute Gasteiger partial charge is 0.255 e. The van der Waals surface area contributed by atoms with Gasteiger partial charge in [-0.2, -0.15) is 0 Å². The van der Waals surface area contributed by atoms with Gasteiger partial charge in [0.15, 0.2) is 15.0 Å². The fourth-order valence-electron chi connectivity index (χ4n) is 3.32. The van der Waals surface area contributed by atoms with Crippen LogP contribution >= 0.6 is 11.8 Å². The van der Waals surface area contributed by atoms with Gasteiger partial charge in [-0.3, -0.25) is 9.79 Å². The summed E-state index contributed by atoms with van der Waals surface area (Å²) in [5.74, 6) is 0.163. The van der Waals surface area contributed by atoms with Crippen molar-refractivity contribution in [1.82, 2.24) is 0 Å². The monoisotopic (exact) mass is 415 g/mol. The Hall–Kier alpha value is -2.32. The molecule has 0 bridgehead atoms. The number of hydrogen-bond acceptors (Lipinski definition) is 6. The molecular formula is C20H21N3O3S2. The Kier molecular flexibility index (Phi) is 5.16. The number of carbonyl (C=O) groups excluding carboxylic acids is 1. The molecule has 2 aliphatic heterocycles. The molecule has 1 amide bonds. The Morgan fingerprint density at radius 1 is 1.14 bits per heavy atom. The van der Waals surface area contributed by atoms with Gasteiger partial charge in [-0.05, 0) is 48.4 Å². The molecule has 0 aliphatic carbocycles. The third-order valence-corrected chi connectivity index (χ3v) is 7.95. The van der Waals surface area contributed by atoms with Crippen LogP contribution in [0.25, 0.3) is 0 Å². The largest absolute Gasteiger partial charge is 0.335 e. The van der Waals surface area contributed by atoms with Gasteiger partial charge < -0.3 is 10.6 Å². The predicted molar refractivity (Wildman–Crippen MR) is 115 cm³/mol. The molecule has 8 heteroatoms. The van der Waals surface area contributed by atoms with Gasteiger partial charge in [0, 0.05) is 22.2 Å². The third-order valence-electron chi connectivity index (χ3n) is 4.81. The van der Waals surface area contributed by atoms with E-state index < -0.39 is 9.84 Å². The molecule has 2 aromatic carbocycles. The first-order valence-corrected chi connectivity index (χ1v) is 11.8. The molecule has 1 saturated heterocycles. The maximum atomic E-state index is 12.4. The number of sulfone groups is 1. The van der Waals surface area contributed by atoms with Crippen LogP contribution in [0, 0.1) is 0 Å². The van der Waals surface area contributed by atoms with Crippen molar-refractivity contribution >= 4 is 44.0 Å². The molecule has 0 unspecified atom stereocenters. The fraction of sp³-hybridized carbons (Fsp3) is 0.300. The van der Waals surface area contributed by atoms with Crippen LogP contribution in [0.15, 0.2) is 53.5 Å². The summed E-state index contributed by atoms with van der Waals surface area (Å²) in [5, 5.41) is 6.88. The van der Waals surface area contributed by atoms with E-state index in [4.69, 9.17) is 0 Å². The minimum atomic E-state index is -2.95. The van der Waals surface area contributed by atoms with Crippen LogP contribution in [0.2, 0.25) is 0 Å². The number of amides is 1. The zero-order valence-corrected chi connectivity index (χ0v) is 17.0. The molecule has 1 fully saturated rings. The van der Waals surface area contributed by atoms with Gasteiger partial charge in [-0.25, -0.2) is 8.42 Å². The number of hydrogen-bond donors (Lipinski definition) is 2. The van der Waals surface area contributed by atoms with Gasteiger partial charge in [0.25, 0.3) is 5.91 Å². The Morgan fingerprint density at radius 2 is 1.93 bits per heavy atom. The summed E-state index contributed by atoms with van der Waals surface area (Å²) in [6, 6.07) is 14.8. The molecule has 2 atom stereocenters. The summed E-state index contributed by atoms with van der Waals surface area (Å²) in [4.78, 5) is 16.9. The van der Waals surface area contributed by atoms with Crippen molar-refractivity contribution < 1.29 is 13.2 Å². The number of nitrogens with one attached hydrogen (secondary N) is 2. The standard InChI is InChI=1S/C20H21N3O3S2/c1-2-13-4-3-5-16(10-13)21-19(24)14-6-8-15(9-7-14)22-20-23-17-11-28(25,26)12-18(17)27-20/h3-10,17-18H,2,11-12H2,1H3,(H,21,24)(H,22,23)/t17-,18-/m0/s1. The molecule has 28 heavy (non-hydrogen) atoms. The van der Waals surface area contributed by atoms with E-state index in [0.717, 1.165) is 23.0 Å². The van der Waals surface area contributed by atoms with E-state index in [1.54, 1.807) is 12.1 Å². The SMILES string of the molecule is CCc1cccc(NC(=O)c2ccc(NC3=N[C@H]4CS(=O)(=O)C[C@@H]4S3)cc2)c1. The highest BCUT2D eigenvalue weighted by Gasteiger charge is 2.42. The number of amidine groups is 1. The Labute approximate surface area is 168 Å². The molecule has 2 aromatic rings. The van der Waals surface area contributed by atoms with Crippen molar-refractivity contribution in [3.63, 3.8) is 0 Å².